The number of amides is 1. The molecular weight excluding hydrogens is 484 g/mol. The second-order valence-electron chi connectivity index (χ2n) is 7.84. The van der Waals surface area contributed by atoms with Gasteiger partial charge in [-0.1, -0.05) is 23.7 Å². The Balaban J connectivity index is 1.73. The fourth-order valence-corrected chi connectivity index (χ4v) is 4.67. The Hall–Kier alpha value is -2.50. The van der Waals surface area contributed by atoms with Crippen molar-refractivity contribution in [1.29, 1.82) is 0 Å². The number of nitrogens with one attached hydrogen (secondary N) is 2. The van der Waals surface area contributed by atoms with E-state index in [0.29, 0.717) is 30.2 Å². The minimum atomic E-state index is -4.05. The summed E-state index contributed by atoms with van der Waals surface area (Å²) in [5, 5.41) is 11.9. The van der Waals surface area contributed by atoms with Crippen LogP contribution in [0.1, 0.15) is 31.2 Å². The molecule has 1 amide bonds. The Morgan fingerprint density at radius 2 is 1.94 bits per heavy atom. The third-order valence-corrected chi connectivity index (χ3v) is 6.89. The highest BCUT2D eigenvalue weighted by Crippen LogP contribution is 2.18. The number of rotatable bonds is 11. The monoisotopic (exact) mass is 510 g/mol. The number of sulfonamides is 1. The van der Waals surface area contributed by atoms with E-state index in [-0.39, 0.29) is 17.9 Å². The second-order valence-corrected chi connectivity index (χ2v) is 9.99. The van der Waals surface area contributed by atoms with Crippen molar-refractivity contribution in [2.45, 2.75) is 49.3 Å². The molecule has 34 heavy (non-hydrogen) atoms. The average molecular weight is 511 g/mol. The standard InChI is InChI=1S/C23H27ClN2O7S/c24-17-8-10-19(11-9-17)34(30,31)26-20(15-33-22-6-1-2-13-32-22)23(29)25-18-5-3-4-16(14-18)7-12-21(27)28/h3-5,8-11,14,20,22,26H,1-2,6-7,12-13,15H2,(H,25,29)(H,27,28)/t20-,22?/m0/s1. The first-order valence-electron chi connectivity index (χ1n) is 10.9. The molecule has 3 rings (SSSR count). The van der Waals surface area contributed by atoms with Crippen molar-refractivity contribution in [3.05, 3.63) is 59.1 Å². The Kier molecular flexibility index (Phi) is 9.43. The van der Waals surface area contributed by atoms with E-state index in [1.807, 2.05) is 0 Å². The number of aryl methyl sites for hydroxylation is 1. The van der Waals surface area contributed by atoms with Gasteiger partial charge in [-0.05, 0) is 67.6 Å². The number of hydrogen-bond acceptors (Lipinski definition) is 6. The molecule has 2 aromatic carbocycles. The molecule has 0 aliphatic carbocycles. The fourth-order valence-electron chi connectivity index (χ4n) is 3.36. The molecule has 1 heterocycles. The van der Waals surface area contributed by atoms with E-state index >= 15 is 0 Å². The molecule has 2 atom stereocenters. The van der Waals surface area contributed by atoms with Crippen LogP contribution in [0.15, 0.2) is 53.4 Å². The molecule has 0 bridgehead atoms. The zero-order chi connectivity index (χ0) is 24.6. The van der Waals surface area contributed by atoms with Gasteiger partial charge in [-0.2, -0.15) is 4.72 Å². The van der Waals surface area contributed by atoms with Gasteiger partial charge in [-0.15, -0.1) is 0 Å². The van der Waals surface area contributed by atoms with Gasteiger partial charge in [-0.3, -0.25) is 9.59 Å². The van der Waals surface area contributed by atoms with Gasteiger partial charge >= 0.3 is 5.97 Å². The lowest BCUT2D eigenvalue weighted by Gasteiger charge is -2.25. The van der Waals surface area contributed by atoms with Gasteiger partial charge in [0.2, 0.25) is 15.9 Å². The highest BCUT2D eigenvalue weighted by Gasteiger charge is 2.28. The summed E-state index contributed by atoms with van der Waals surface area (Å²) in [5.74, 6) is -1.54. The number of carboxylic acids is 1. The van der Waals surface area contributed by atoms with Crippen molar-refractivity contribution in [3.8, 4) is 0 Å². The Morgan fingerprint density at radius 3 is 2.62 bits per heavy atom. The normalized spacial score (nSPS) is 17.1. The van der Waals surface area contributed by atoms with Crippen molar-refractivity contribution in [2.75, 3.05) is 18.5 Å². The van der Waals surface area contributed by atoms with E-state index < -0.39 is 34.2 Å². The molecular formula is C23H27ClN2O7S. The molecule has 184 valence electrons. The molecule has 1 saturated heterocycles. The highest BCUT2D eigenvalue weighted by atomic mass is 35.5. The van der Waals surface area contributed by atoms with Gasteiger partial charge in [-0.25, -0.2) is 8.42 Å². The van der Waals surface area contributed by atoms with Crippen LogP contribution in [-0.2, 0) is 35.5 Å². The van der Waals surface area contributed by atoms with E-state index in [0.717, 1.165) is 18.4 Å². The third-order valence-electron chi connectivity index (χ3n) is 5.15. The van der Waals surface area contributed by atoms with Crippen LogP contribution in [0.3, 0.4) is 0 Å². The minimum Gasteiger partial charge on any atom is -0.481 e. The van der Waals surface area contributed by atoms with Crippen LogP contribution in [0.2, 0.25) is 5.02 Å². The number of benzene rings is 2. The van der Waals surface area contributed by atoms with Gasteiger partial charge in [0.05, 0.1) is 11.5 Å². The maximum atomic E-state index is 13.1. The van der Waals surface area contributed by atoms with E-state index in [9.17, 15) is 18.0 Å². The van der Waals surface area contributed by atoms with E-state index in [1.54, 1.807) is 24.3 Å². The third kappa shape index (κ3) is 8.07. The van der Waals surface area contributed by atoms with Crippen LogP contribution in [0.5, 0.6) is 0 Å². The summed E-state index contributed by atoms with van der Waals surface area (Å²) in [6.07, 6.45) is 2.24. The molecule has 1 aliphatic rings. The molecule has 0 saturated carbocycles. The average Bonchev–Trinajstić information content (AvgIpc) is 2.81. The molecule has 1 unspecified atom stereocenters. The lowest BCUT2D eigenvalue weighted by molar-refractivity contribution is -0.166. The molecule has 11 heteroatoms. The summed E-state index contributed by atoms with van der Waals surface area (Å²) in [6, 6.07) is 11.1. The van der Waals surface area contributed by atoms with Crippen molar-refractivity contribution >= 4 is 39.2 Å². The number of carboxylic acid groups (broad SMARTS) is 1. The van der Waals surface area contributed by atoms with E-state index in [1.165, 1.54) is 24.3 Å². The van der Waals surface area contributed by atoms with Crippen LogP contribution in [0.25, 0.3) is 0 Å². The highest BCUT2D eigenvalue weighted by molar-refractivity contribution is 7.89. The summed E-state index contributed by atoms with van der Waals surface area (Å²) in [6.45, 7) is 0.309. The van der Waals surface area contributed by atoms with Gasteiger partial charge < -0.3 is 19.9 Å². The number of anilines is 1. The van der Waals surface area contributed by atoms with Gasteiger partial charge in [0, 0.05) is 23.7 Å². The minimum absolute atomic E-state index is 0.0423. The number of hydrogen-bond donors (Lipinski definition) is 3. The van der Waals surface area contributed by atoms with Gasteiger partial charge in [0.25, 0.3) is 0 Å². The van der Waals surface area contributed by atoms with Crippen LogP contribution in [0.4, 0.5) is 5.69 Å². The maximum absolute atomic E-state index is 13.1. The van der Waals surface area contributed by atoms with Crippen molar-refractivity contribution in [1.82, 2.24) is 4.72 Å². The Labute approximate surface area is 203 Å². The first-order valence-corrected chi connectivity index (χ1v) is 12.7. The Bertz CT molecular complexity index is 1090. The smallest absolute Gasteiger partial charge is 0.303 e. The number of ether oxygens (including phenoxy) is 2. The number of aliphatic carboxylic acids is 1. The summed E-state index contributed by atoms with van der Waals surface area (Å²) in [7, 11) is -4.05. The van der Waals surface area contributed by atoms with Crippen LogP contribution in [-0.4, -0.2) is 50.9 Å². The van der Waals surface area contributed by atoms with Crippen molar-refractivity contribution < 1.29 is 32.6 Å². The number of halogens is 1. The fraction of sp³-hybridized carbons (Fsp3) is 0.391. The Morgan fingerprint density at radius 1 is 1.18 bits per heavy atom. The molecule has 0 radical (unpaired) electrons. The number of carbonyl (C=O) groups excluding carboxylic acids is 1. The van der Waals surface area contributed by atoms with Crippen molar-refractivity contribution in [3.63, 3.8) is 0 Å². The first-order chi connectivity index (χ1) is 16.2. The summed E-state index contributed by atoms with van der Waals surface area (Å²) in [4.78, 5) is 23.8. The summed E-state index contributed by atoms with van der Waals surface area (Å²) < 4.78 is 39.4. The molecule has 2 aromatic rings. The molecule has 1 fully saturated rings. The quantitative estimate of drug-likeness (QED) is 0.423. The predicted octanol–water partition coefficient (Wildman–Crippen LogP) is 3.19. The van der Waals surface area contributed by atoms with Crippen LogP contribution >= 0.6 is 11.6 Å². The second kappa shape index (κ2) is 12.3. The zero-order valence-electron chi connectivity index (χ0n) is 18.4. The first kappa shape index (κ1) is 26.1. The largest absolute Gasteiger partial charge is 0.481 e. The molecule has 1 aliphatic heterocycles. The van der Waals surface area contributed by atoms with Crippen molar-refractivity contribution in [2.24, 2.45) is 0 Å². The van der Waals surface area contributed by atoms with E-state index in [4.69, 9.17) is 26.2 Å². The molecule has 9 nitrogen and oxygen atoms in total. The molecule has 0 aromatic heterocycles. The maximum Gasteiger partial charge on any atom is 0.303 e. The molecule has 3 N–H and O–H groups in total. The van der Waals surface area contributed by atoms with Crippen LogP contribution < -0.4 is 10.0 Å². The topological polar surface area (TPSA) is 131 Å². The predicted molar refractivity (Wildman–Crippen MR) is 126 cm³/mol. The summed E-state index contributed by atoms with van der Waals surface area (Å²) >= 11 is 5.85. The lowest BCUT2D eigenvalue weighted by Crippen LogP contribution is -2.47. The van der Waals surface area contributed by atoms with Gasteiger partial charge in [0.15, 0.2) is 6.29 Å². The summed E-state index contributed by atoms with van der Waals surface area (Å²) in [5.41, 5.74) is 1.14. The molecule has 0 spiro atoms. The van der Waals surface area contributed by atoms with Gasteiger partial charge in [0.1, 0.15) is 6.04 Å². The number of carbonyl (C=O) groups is 2. The zero-order valence-corrected chi connectivity index (χ0v) is 20.0. The lowest BCUT2D eigenvalue weighted by atomic mass is 10.1. The van der Waals surface area contributed by atoms with Crippen LogP contribution in [0, 0.1) is 0 Å². The van der Waals surface area contributed by atoms with E-state index in [2.05, 4.69) is 10.0 Å². The SMILES string of the molecule is O=C(O)CCc1cccc(NC(=O)[C@H](COC2CCCCO2)NS(=O)(=O)c2ccc(Cl)cc2)c1.